The Kier molecular flexibility index (Phi) is 9.46. The third-order valence-corrected chi connectivity index (χ3v) is 5.29. The molecular weight excluding hydrogens is 428 g/mol. The molecule has 7 nitrogen and oxygen atoms in total. The van der Waals surface area contributed by atoms with E-state index in [4.69, 9.17) is 4.74 Å². The van der Waals surface area contributed by atoms with Gasteiger partial charge in [-0.15, -0.1) is 0 Å². The van der Waals surface area contributed by atoms with Crippen LogP contribution < -0.4 is 31.5 Å². The van der Waals surface area contributed by atoms with Gasteiger partial charge in [0.15, 0.2) is 5.82 Å². The van der Waals surface area contributed by atoms with Crippen LogP contribution in [0.5, 0.6) is 5.75 Å². The maximum atomic E-state index is 12.7. The molecule has 1 heterocycles. The van der Waals surface area contributed by atoms with Crippen molar-refractivity contribution in [3.8, 4) is 5.75 Å². The van der Waals surface area contributed by atoms with Gasteiger partial charge in [0.05, 0.1) is 17.7 Å². The number of nitrogens with zero attached hydrogens (tertiary/aromatic N) is 1. The zero-order valence-electron chi connectivity index (χ0n) is 19.8. The molecule has 0 aliphatic heterocycles. The number of carbonyl (C=O) groups is 1. The average Bonchev–Trinajstić information content (AvgIpc) is 2.87. The van der Waals surface area contributed by atoms with Gasteiger partial charge in [-0.25, -0.2) is 4.98 Å². The second kappa shape index (κ2) is 13.0. The molecule has 3 N–H and O–H groups in total. The van der Waals surface area contributed by atoms with Gasteiger partial charge in [-0.2, -0.15) is 0 Å². The van der Waals surface area contributed by atoms with Crippen molar-refractivity contribution in [1.82, 2.24) is 20.6 Å². The van der Waals surface area contributed by atoms with Crippen molar-refractivity contribution in [3.05, 3.63) is 92.5 Å². The zero-order valence-corrected chi connectivity index (χ0v) is 19.8. The van der Waals surface area contributed by atoms with Crippen LogP contribution in [-0.4, -0.2) is 29.5 Å². The van der Waals surface area contributed by atoms with E-state index in [1.807, 2.05) is 55.5 Å². The molecule has 1 aromatic heterocycles. The first kappa shape index (κ1) is 24.8. The molecule has 0 saturated carbocycles. The van der Waals surface area contributed by atoms with Gasteiger partial charge in [0.2, 0.25) is 0 Å². The maximum absolute atomic E-state index is 12.7. The number of unbranched alkanes of at least 4 members (excludes halogenated alkanes) is 1. The molecule has 0 aliphatic rings. The van der Waals surface area contributed by atoms with E-state index >= 15 is 0 Å². The van der Waals surface area contributed by atoms with Gasteiger partial charge in [0, 0.05) is 19.3 Å². The van der Waals surface area contributed by atoms with Crippen molar-refractivity contribution >= 4 is 18.2 Å². The SMILES string of the molecule is CCC/C=c1\c(=O)[nH]c(C(=O)NCc2cccc(OC)c2)n\c1=C\NCCCc1ccccc1. The molecule has 0 saturated heterocycles. The summed E-state index contributed by atoms with van der Waals surface area (Å²) in [5.41, 5.74) is 1.84. The molecule has 0 fully saturated rings. The summed E-state index contributed by atoms with van der Waals surface area (Å²) in [6.45, 7) is 3.07. The third kappa shape index (κ3) is 7.33. The monoisotopic (exact) mass is 460 g/mol. The van der Waals surface area contributed by atoms with E-state index in [0.29, 0.717) is 22.9 Å². The lowest BCUT2D eigenvalue weighted by Crippen LogP contribution is -2.46. The summed E-state index contributed by atoms with van der Waals surface area (Å²) in [6.07, 6.45) is 7.14. The number of aryl methyl sites for hydroxylation is 1. The first-order valence-corrected chi connectivity index (χ1v) is 11.6. The molecule has 0 bridgehead atoms. The van der Waals surface area contributed by atoms with E-state index in [0.717, 1.165) is 37.8 Å². The first-order chi connectivity index (χ1) is 16.6. The van der Waals surface area contributed by atoms with Crippen molar-refractivity contribution in [2.45, 2.75) is 39.2 Å². The fraction of sp³-hybridized carbons (Fsp3) is 0.296. The molecule has 0 spiro atoms. The van der Waals surface area contributed by atoms with E-state index in [-0.39, 0.29) is 11.4 Å². The molecule has 3 rings (SSSR count). The van der Waals surface area contributed by atoms with Gasteiger partial charge in [-0.3, -0.25) is 9.59 Å². The molecule has 34 heavy (non-hydrogen) atoms. The second-order valence-corrected chi connectivity index (χ2v) is 7.93. The first-order valence-electron chi connectivity index (χ1n) is 11.6. The third-order valence-electron chi connectivity index (χ3n) is 5.29. The van der Waals surface area contributed by atoms with Crippen molar-refractivity contribution in [2.24, 2.45) is 0 Å². The van der Waals surface area contributed by atoms with Crippen LogP contribution in [0.25, 0.3) is 12.3 Å². The Morgan fingerprint density at radius 2 is 1.91 bits per heavy atom. The number of aromatic nitrogens is 2. The second-order valence-electron chi connectivity index (χ2n) is 7.93. The number of ether oxygens (including phenoxy) is 1. The van der Waals surface area contributed by atoms with E-state index in [1.165, 1.54) is 5.56 Å². The normalized spacial score (nSPS) is 11.9. The summed E-state index contributed by atoms with van der Waals surface area (Å²) >= 11 is 0. The van der Waals surface area contributed by atoms with Crippen LogP contribution in [0.2, 0.25) is 0 Å². The van der Waals surface area contributed by atoms with Crippen LogP contribution in [0.15, 0.2) is 59.4 Å². The summed E-state index contributed by atoms with van der Waals surface area (Å²) in [7, 11) is 1.59. The molecule has 1 amide bonds. The molecule has 178 valence electrons. The number of methoxy groups -OCH3 is 1. The number of nitrogens with one attached hydrogen (secondary N) is 3. The van der Waals surface area contributed by atoms with Crippen LogP contribution >= 0.6 is 0 Å². The number of amides is 1. The van der Waals surface area contributed by atoms with E-state index in [9.17, 15) is 9.59 Å². The Balaban J connectivity index is 1.73. The van der Waals surface area contributed by atoms with Crippen LogP contribution in [-0.2, 0) is 13.0 Å². The van der Waals surface area contributed by atoms with Crippen LogP contribution in [0.4, 0.5) is 0 Å². The lowest BCUT2D eigenvalue weighted by Gasteiger charge is -2.07. The van der Waals surface area contributed by atoms with Gasteiger partial charge in [0.1, 0.15) is 5.75 Å². The number of benzene rings is 2. The van der Waals surface area contributed by atoms with E-state index < -0.39 is 5.91 Å². The van der Waals surface area contributed by atoms with Crippen molar-refractivity contribution in [1.29, 1.82) is 0 Å². The van der Waals surface area contributed by atoms with Crippen LogP contribution in [0, 0.1) is 0 Å². The highest BCUT2D eigenvalue weighted by Gasteiger charge is 2.10. The standard InChI is InChI=1S/C27H32N4O3/c1-3-4-15-23-24(19-28-16-9-13-20-10-6-5-7-11-20)30-25(31-26(23)32)27(33)29-18-21-12-8-14-22(17-21)34-2/h5-8,10-12,14-15,17,19,28H,3-4,9,13,16,18H2,1-2H3,(H,29,33)(H,30,31,32)/b23-15-,24-19+. The Labute approximate surface area is 199 Å². The minimum atomic E-state index is -0.444. The van der Waals surface area contributed by atoms with E-state index in [2.05, 4.69) is 32.7 Å². The van der Waals surface area contributed by atoms with Crippen molar-refractivity contribution in [2.75, 3.05) is 13.7 Å². The fourth-order valence-corrected chi connectivity index (χ4v) is 3.46. The molecule has 7 heteroatoms. The maximum Gasteiger partial charge on any atom is 0.287 e. The summed E-state index contributed by atoms with van der Waals surface area (Å²) in [6, 6.07) is 17.7. The minimum Gasteiger partial charge on any atom is -0.497 e. The quantitative estimate of drug-likeness (QED) is 0.382. The Bertz CT molecular complexity index is 1250. The zero-order chi connectivity index (χ0) is 24.2. The highest BCUT2D eigenvalue weighted by atomic mass is 16.5. The number of hydrogen-bond acceptors (Lipinski definition) is 5. The lowest BCUT2D eigenvalue weighted by atomic mass is 10.1. The smallest absolute Gasteiger partial charge is 0.287 e. The number of carbonyl (C=O) groups excluding carboxylic acids is 1. The highest BCUT2D eigenvalue weighted by Crippen LogP contribution is 2.12. The fourth-order valence-electron chi connectivity index (χ4n) is 3.46. The number of aromatic amines is 1. The molecule has 3 aromatic rings. The Morgan fingerprint density at radius 1 is 1.12 bits per heavy atom. The van der Waals surface area contributed by atoms with Gasteiger partial charge < -0.3 is 20.4 Å². The Morgan fingerprint density at radius 3 is 2.68 bits per heavy atom. The van der Waals surface area contributed by atoms with Crippen LogP contribution in [0.3, 0.4) is 0 Å². The summed E-state index contributed by atoms with van der Waals surface area (Å²) in [5, 5.41) is 6.99. The van der Waals surface area contributed by atoms with Crippen molar-refractivity contribution < 1.29 is 9.53 Å². The van der Waals surface area contributed by atoms with Gasteiger partial charge in [-0.05, 0) is 42.5 Å². The Hall–Kier alpha value is -3.87. The highest BCUT2D eigenvalue weighted by molar-refractivity contribution is 5.90. The van der Waals surface area contributed by atoms with Gasteiger partial charge in [0.25, 0.3) is 11.5 Å². The number of H-pyrrole nitrogens is 1. The predicted octanol–water partition coefficient (Wildman–Crippen LogP) is 2.25. The largest absolute Gasteiger partial charge is 0.497 e. The minimum absolute atomic E-state index is 0.0149. The number of rotatable bonds is 11. The van der Waals surface area contributed by atoms with Gasteiger partial charge >= 0.3 is 0 Å². The molecular formula is C27H32N4O3. The molecule has 0 unspecified atom stereocenters. The van der Waals surface area contributed by atoms with Gasteiger partial charge in [-0.1, -0.05) is 61.9 Å². The van der Waals surface area contributed by atoms with Crippen LogP contribution in [0.1, 0.15) is 47.9 Å². The summed E-state index contributed by atoms with van der Waals surface area (Å²) in [4.78, 5) is 32.5. The lowest BCUT2D eigenvalue weighted by molar-refractivity contribution is 0.0939. The number of hydrogen-bond donors (Lipinski definition) is 3. The summed E-state index contributed by atoms with van der Waals surface area (Å²) in [5.74, 6) is 0.254. The topological polar surface area (TPSA) is 96.1 Å². The predicted molar refractivity (Wildman–Crippen MR) is 135 cm³/mol. The van der Waals surface area contributed by atoms with Crippen molar-refractivity contribution in [3.63, 3.8) is 0 Å². The molecule has 0 aliphatic carbocycles. The summed E-state index contributed by atoms with van der Waals surface area (Å²) < 4.78 is 5.22. The molecule has 0 atom stereocenters. The molecule has 2 aromatic carbocycles. The molecule has 0 radical (unpaired) electrons. The van der Waals surface area contributed by atoms with E-state index in [1.54, 1.807) is 13.3 Å². The average molecular weight is 461 g/mol.